The van der Waals surface area contributed by atoms with Crippen molar-refractivity contribution in [3.05, 3.63) is 23.8 Å². The highest BCUT2D eigenvalue weighted by molar-refractivity contribution is 5.58. The van der Waals surface area contributed by atoms with Crippen LogP contribution in [-0.4, -0.2) is 43.6 Å². The lowest BCUT2D eigenvalue weighted by Crippen LogP contribution is -2.54. The Bertz CT molecular complexity index is 462. The first-order valence-electron chi connectivity index (χ1n) is 6.89. The van der Waals surface area contributed by atoms with E-state index in [1.807, 2.05) is 32.0 Å². The average molecular weight is 280 g/mol. The molecule has 1 aliphatic heterocycles. The summed E-state index contributed by atoms with van der Waals surface area (Å²) in [6, 6.07) is 5.91. The molecule has 0 radical (unpaired) electrons. The summed E-state index contributed by atoms with van der Waals surface area (Å²) in [5, 5.41) is 9.41. The molecule has 1 fully saturated rings. The average Bonchev–Trinajstić information content (AvgIpc) is 2.44. The number of ether oxygens (including phenoxy) is 2. The summed E-state index contributed by atoms with van der Waals surface area (Å²) in [4.78, 5) is 2.22. The van der Waals surface area contributed by atoms with E-state index in [0.717, 1.165) is 23.5 Å². The van der Waals surface area contributed by atoms with Crippen LogP contribution in [0.2, 0.25) is 0 Å². The third-order valence-corrected chi connectivity index (χ3v) is 3.54. The molecule has 1 atom stereocenters. The van der Waals surface area contributed by atoms with Crippen molar-refractivity contribution in [2.24, 2.45) is 5.73 Å². The van der Waals surface area contributed by atoms with E-state index >= 15 is 0 Å². The quantitative estimate of drug-likeness (QED) is 0.865. The molecule has 1 aliphatic rings. The Kier molecular flexibility index (Phi) is 4.52. The van der Waals surface area contributed by atoms with E-state index in [0.29, 0.717) is 13.1 Å². The fraction of sp³-hybridized carbons (Fsp3) is 0.600. The Morgan fingerprint density at radius 1 is 1.50 bits per heavy atom. The first-order chi connectivity index (χ1) is 9.49. The molecule has 0 saturated carbocycles. The Balaban J connectivity index is 2.33. The maximum absolute atomic E-state index is 9.41. The molecule has 5 nitrogen and oxygen atoms in total. The zero-order chi connectivity index (χ0) is 14.8. The van der Waals surface area contributed by atoms with E-state index in [-0.39, 0.29) is 18.3 Å². The van der Waals surface area contributed by atoms with Crippen LogP contribution in [-0.2, 0) is 11.3 Å². The molecule has 1 saturated heterocycles. The van der Waals surface area contributed by atoms with Crippen LogP contribution in [0.4, 0.5) is 5.69 Å². The standard InChI is InChI=1S/C15H24N2O3/c1-15(2)10-17(8-13(9-18)20-15)14-6-12(19-3)5-4-11(14)7-16/h4-6,13,18H,7-10,16H2,1-3H3. The summed E-state index contributed by atoms with van der Waals surface area (Å²) in [6.45, 7) is 5.96. The molecule has 0 amide bonds. The molecule has 1 aromatic carbocycles. The number of nitrogens with two attached hydrogens (primary N) is 1. The normalized spacial score (nSPS) is 21.9. The molecule has 1 unspecified atom stereocenters. The first kappa shape index (κ1) is 15.1. The number of methoxy groups -OCH3 is 1. The fourth-order valence-electron chi connectivity index (χ4n) is 2.71. The fourth-order valence-corrected chi connectivity index (χ4v) is 2.71. The zero-order valence-corrected chi connectivity index (χ0v) is 12.4. The highest BCUT2D eigenvalue weighted by atomic mass is 16.5. The summed E-state index contributed by atoms with van der Waals surface area (Å²) in [7, 11) is 1.65. The summed E-state index contributed by atoms with van der Waals surface area (Å²) in [5.41, 5.74) is 7.66. The predicted molar refractivity (Wildman–Crippen MR) is 79.1 cm³/mol. The van der Waals surface area contributed by atoms with Gasteiger partial charge in [-0.25, -0.2) is 0 Å². The van der Waals surface area contributed by atoms with Crippen LogP contribution < -0.4 is 15.4 Å². The lowest BCUT2D eigenvalue weighted by molar-refractivity contribution is -0.101. The van der Waals surface area contributed by atoms with Gasteiger partial charge in [0.25, 0.3) is 0 Å². The van der Waals surface area contributed by atoms with Gasteiger partial charge in [0, 0.05) is 31.4 Å². The van der Waals surface area contributed by atoms with E-state index in [4.69, 9.17) is 15.2 Å². The first-order valence-corrected chi connectivity index (χ1v) is 6.89. The van der Waals surface area contributed by atoms with Crippen molar-refractivity contribution in [1.82, 2.24) is 0 Å². The third kappa shape index (κ3) is 3.23. The number of anilines is 1. The Morgan fingerprint density at radius 3 is 2.85 bits per heavy atom. The van der Waals surface area contributed by atoms with Gasteiger partial charge >= 0.3 is 0 Å². The summed E-state index contributed by atoms with van der Waals surface area (Å²) in [6.07, 6.45) is -0.185. The molecule has 0 aromatic heterocycles. The number of aliphatic hydroxyl groups excluding tert-OH is 1. The third-order valence-electron chi connectivity index (χ3n) is 3.54. The molecule has 3 N–H and O–H groups in total. The van der Waals surface area contributed by atoms with Crippen molar-refractivity contribution < 1.29 is 14.6 Å². The SMILES string of the molecule is COc1ccc(CN)c(N2CC(CO)OC(C)(C)C2)c1. The molecular weight excluding hydrogens is 256 g/mol. The van der Waals surface area contributed by atoms with E-state index in [1.54, 1.807) is 7.11 Å². The van der Waals surface area contributed by atoms with E-state index < -0.39 is 0 Å². The second kappa shape index (κ2) is 5.99. The van der Waals surface area contributed by atoms with Crippen LogP contribution >= 0.6 is 0 Å². The monoisotopic (exact) mass is 280 g/mol. The van der Waals surface area contributed by atoms with Crippen LogP contribution in [0.1, 0.15) is 19.4 Å². The minimum atomic E-state index is -0.305. The highest BCUT2D eigenvalue weighted by Crippen LogP contribution is 2.31. The number of hydrogen-bond acceptors (Lipinski definition) is 5. The Morgan fingerprint density at radius 2 is 2.25 bits per heavy atom. The highest BCUT2D eigenvalue weighted by Gasteiger charge is 2.33. The predicted octanol–water partition coefficient (Wildman–Crippen LogP) is 1.13. The van der Waals surface area contributed by atoms with Crippen molar-refractivity contribution in [3.63, 3.8) is 0 Å². The molecule has 1 aromatic rings. The molecule has 112 valence electrons. The zero-order valence-electron chi connectivity index (χ0n) is 12.4. The number of rotatable bonds is 4. The topological polar surface area (TPSA) is 68.0 Å². The van der Waals surface area contributed by atoms with Gasteiger partial charge in [0.2, 0.25) is 0 Å². The van der Waals surface area contributed by atoms with Gasteiger partial charge in [0.05, 0.1) is 25.4 Å². The van der Waals surface area contributed by atoms with Crippen LogP contribution in [0.3, 0.4) is 0 Å². The van der Waals surface area contributed by atoms with Crippen molar-refractivity contribution >= 4 is 5.69 Å². The number of hydrogen-bond donors (Lipinski definition) is 2. The van der Waals surface area contributed by atoms with Crippen LogP contribution in [0, 0.1) is 0 Å². The van der Waals surface area contributed by atoms with Crippen molar-refractivity contribution in [1.29, 1.82) is 0 Å². The van der Waals surface area contributed by atoms with Crippen LogP contribution in [0.25, 0.3) is 0 Å². The van der Waals surface area contributed by atoms with Crippen LogP contribution in [0.15, 0.2) is 18.2 Å². The minimum Gasteiger partial charge on any atom is -0.497 e. The maximum atomic E-state index is 9.41. The summed E-state index contributed by atoms with van der Waals surface area (Å²) >= 11 is 0. The van der Waals surface area contributed by atoms with E-state index in [9.17, 15) is 5.11 Å². The second-order valence-corrected chi connectivity index (χ2v) is 5.76. The smallest absolute Gasteiger partial charge is 0.120 e. The molecule has 0 bridgehead atoms. The lowest BCUT2D eigenvalue weighted by atomic mass is 10.0. The summed E-state index contributed by atoms with van der Waals surface area (Å²) < 4.78 is 11.2. The van der Waals surface area contributed by atoms with Crippen molar-refractivity contribution in [2.75, 3.05) is 31.7 Å². The van der Waals surface area contributed by atoms with Gasteiger partial charge in [0.15, 0.2) is 0 Å². The van der Waals surface area contributed by atoms with Gasteiger partial charge in [-0.2, -0.15) is 0 Å². The Labute approximate surface area is 120 Å². The van der Waals surface area contributed by atoms with Crippen molar-refractivity contribution in [3.8, 4) is 5.75 Å². The minimum absolute atomic E-state index is 0.0157. The van der Waals surface area contributed by atoms with Gasteiger partial charge in [-0.15, -0.1) is 0 Å². The molecule has 2 rings (SSSR count). The van der Waals surface area contributed by atoms with Gasteiger partial charge in [-0.1, -0.05) is 6.07 Å². The van der Waals surface area contributed by atoms with E-state index in [2.05, 4.69) is 4.90 Å². The maximum Gasteiger partial charge on any atom is 0.120 e. The van der Waals surface area contributed by atoms with Gasteiger partial charge in [0.1, 0.15) is 5.75 Å². The second-order valence-electron chi connectivity index (χ2n) is 5.76. The number of aliphatic hydroxyl groups is 1. The Hall–Kier alpha value is -1.30. The van der Waals surface area contributed by atoms with Crippen LogP contribution in [0.5, 0.6) is 5.75 Å². The summed E-state index contributed by atoms with van der Waals surface area (Å²) in [5.74, 6) is 0.807. The molecule has 0 aliphatic carbocycles. The number of nitrogens with zero attached hydrogens (tertiary/aromatic N) is 1. The lowest BCUT2D eigenvalue weighted by Gasteiger charge is -2.44. The van der Waals surface area contributed by atoms with Crippen molar-refractivity contribution in [2.45, 2.75) is 32.1 Å². The molecule has 1 heterocycles. The largest absolute Gasteiger partial charge is 0.497 e. The number of morpholine rings is 1. The molecular formula is C15H24N2O3. The van der Waals surface area contributed by atoms with Gasteiger partial charge in [-0.05, 0) is 25.5 Å². The molecule has 0 spiro atoms. The molecule has 5 heteroatoms. The number of benzene rings is 1. The van der Waals surface area contributed by atoms with Gasteiger partial charge in [-0.3, -0.25) is 0 Å². The van der Waals surface area contributed by atoms with E-state index in [1.165, 1.54) is 0 Å². The van der Waals surface area contributed by atoms with Gasteiger partial charge < -0.3 is 25.2 Å². The molecule has 20 heavy (non-hydrogen) atoms.